The van der Waals surface area contributed by atoms with Crippen LogP contribution in [0.3, 0.4) is 0 Å². The molecule has 1 N–H and O–H groups in total. The zero-order chi connectivity index (χ0) is 12.4. The van der Waals surface area contributed by atoms with Crippen molar-refractivity contribution in [3.8, 4) is 0 Å². The van der Waals surface area contributed by atoms with Crippen molar-refractivity contribution in [3.05, 3.63) is 24.3 Å². The van der Waals surface area contributed by atoms with Crippen LogP contribution in [-0.2, 0) is 0 Å². The van der Waals surface area contributed by atoms with Gasteiger partial charge in [0.05, 0.1) is 10.2 Å². The summed E-state index contributed by atoms with van der Waals surface area (Å²) in [6.07, 6.45) is 6.70. The van der Waals surface area contributed by atoms with Crippen LogP contribution in [0.25, 0.3) is 10.2 Å². The van der Waals surface area contributed by atoms with Gasteiger partial charge in [0, 0.05) is 6.04 Å². The summed E-state index contributed by atoms with van der Waals surface area (Å²) in [5.41, 5.74) is 1.12. The number of rotatable bonds is 3. The highest BCUT2D eigenvalue weighted by Crippen LogP contribution is 2.31. The number of nitrogens with one attached hydrogen (secondary N) is 1. The Bertz CT molecular complexity index is 487. The lowest BCUT2D eigenvalue weighted by Gasteiger charge is -2.28. The monoisotopic (exact) mass is 260 g/mol. The zero-order valence-corrected chi connectivity index (χ0v) is 11.7. The molecule has 1 heterocycles. The van der Waals surface area contributed by atoms with E-state index in [1.54, 1.807) is 11.3 Å². The van der Waals surface area contributed by atoms with Crippen molar-refractivity contribution in [2.45, 2.75) is 45.1 Å². The number of nitrogens with zero attached hydrogens (tertiary/aromatic N) is 1. The summed E-state index contributed by atoms with van der Waals surface area (Å²) in [5, 5.41) is 4.74. The highest BCUT2D eigenvalue weighted by molar-refractivity contribution is 7.22. The lowest BCUT2D eigenvalue weighted by atomic mass is 9.84. The molecule has 1 aliphatic carbocycles. The van der Waals surface area contributed by atoms with Crippen molar-refractivity contribution in [3.63, 3.8) is 0 Å². The second-order valence-corrected chi connectivity index (χ2v) is 6.30. The molecule has 18 heavy (non-hydrogen) atoms. The molecule has 2 atom stereocenters. The van der Waals surface area contributed by atoms with Crippen LogP contribution < -0.4 is 5.32 Å². The standard InChI is InChI=1S/C15H20N2S/c1-2-11-6-5-7-12(10-11)16-15-17-13-8-3-4-9-14(13)18-15/h3-4,8-9,11-12H,2,5-7,10H2,1H3,(H,16,17). The first-order valence-corrected chi connectivity index (χ1v) is 7.79. The first-order chi connectivity index (χ1) is 8.85. The number of fused-ring (bicyclic) bond motifs is 1. The van der Waals surface area contributed by atoms with Crippen molar-refractivity contribution in [1.82, 2.24) is 4.98 Å². The SMILES string of the molecule is CCC1CCCC(Nc2nc3ccccc3s2)C1. The Hall–Kier alpha value is -1.09. The second kappa shape index (κ2) is 5.27. The molecule has 3 heteroatoms. The lowest BCUT2D eigenvalue weighted by Crippen LogP contribution is -2.26. The summed E-state index contributed by atoms with van der Waals surface area (Å²) >= 11 is 1.78. The van der Waals surface area contributed by atoms with E-state index < -0.39 is 0 Å². The summed E-state index contributed by atoms with van der Waals surface area (Å²) in [6, 6.07) is 9.00. The lowest BCUT2D eigenvalue weighted by molar-refractivity contribution is 0.327. The van der Waals surface area contributed by atoms with Gasteiger partial charge in [0.1, 0.15) is 0 Å². The van der Waals surface area contributed by atoms with Gasteiger partial charge in [-0.2, -0.15) is 0 Å². The molecule has 0 saturated heterocycles. The Morgan fingerprint density at radius 3 is 3.06 bits per heavy atom. The molecule has 1 aromatic heterocycles. The first kappa shape index (κ1) is 12.0. The molecule has 3 rings (SSSR count). The van der Waals surface area contributed by atoms with Gasteiger partial charge in [-0.1, -0.05) is 49.7 Å². The minimum Gasteiger partial charge on any atom is -0.359 e. The molecule has 96 valence electrons. The van der Waals surface area contributed by atoms with E-state index in [0.717, 1.165) is 16.6 Å². The molecular weight excluding hydrogens is 240 g/mol. The quantitative estimate of drug-likeness (QED) is 0.867. The normalized spacial score (nSPS) is 24.3. The van der Waals surface area contributed by atoms with Crippen LogP contribution in [-0.4, -0.2) is 11.0 Å². The topological polar surface area (TPSA) is 24.9 Å². The van der Waals surface area contributed by atoms with Gasteiger partial charge in [-0.3, -0.25) is 0 Å². The van der Waals surface area contributed by atoms with Gasteiger partial charge >= 0.3 is 0 Å². The van der Waals surface area contributed by atoms with Gasteiger partial charge in [0.25, 0.3) is 0 Å². The highest BCUT2D eigenvalue weighted by atomic mass is 32.1. The van der Waals surface area contributed by atoms with E-state index in [1.165, 1.54) is 36.8 Å². The highest BCUT2D eigenvalue weighted by Gasteiger charge is 2.21. The Labute approximate surface area is 112 Å². The predicted molar refractivity (Wildman–Crippen MR) is 79.3 cm³/mol. The molecule has 0 aliphatic heterocycles. The first-order valence-electron chi connectivity index (χ1n) is 6.97. The third-order valence-corrected chi connectivity index (χ3v) is 4.95. The van der Waals surface area contributed by atoms with Gasteiger partial charge in [-0.15, -0.1) is 0 Å². The van der Waals surface area contributed by atoms with Crippen molar-refractivity contribution in [2.75, 3.05) is 5.32 Å². The van der Waals surface area contributed by atoms with Gasteiger partial charge in [0.2, 0.25) is 0 Å². The Morgan fingerprint density at radius 2 is 2.22 bits per heavy atom. The van der Waals surface area contributed by atoms with Gasteiger partial charge in [0.15, 0.2) is 5.13 Å². The van der Waals surface area contributed by atoms with Crippen LogP contribution in [0.15, 0.2) is 24.3 Å². The van der Waals surface area contributed by atoms with E-state index in [4.69, 9.17) is 0 Å². The molecule has 0 spiro atoms. The average molecular weight is 260 g/mol. The second-order valence-electron chi connectivity index (χ2n) is 5.27. The van der Waals surface area contributed by atoms with E-state index in [-0.39, 0.29) is 0 Å². The Kier molecular flexibility index (Phi) is 3.50. The van der Waals surface area contributed by atoms with Gasteiger partial charge < -0.3 is 5.32 Å². The molecule has 1 saturated carbocycles. The summed E-state index contributed by atoms with van der Waals surface area (Å²) in [7, 11) is 0. The Balaban J connectivity index is 1.71. The van der Waals surface area contributed by atoms with Crippen LogP contribution >= 0.6 is 11.3 Å². The number of benzene rings is 1. The van der Waals surface area contributed by atoms with Crippen LogP contribution in [0.4, 0.5) is 5.13 Å². The third kappa shape index (κ3) is 2.51. The fourth-order valence-electron chi connectivity index (χ4n) is 2.90. The minimum absolute atomic E-state index is 0.629. The van der Waals surface area contributed by atoms with E-state index in [2.05, 4.69) is 41.5 Å². The fraction of sp³-hybridized carbons (Fsp3) is 0.533. The molecule has 2 nitrogen and oxygen atoms in total. The summed E-state index contributed by atoms with van der Waals surface area (Å²) in [6.45, 7) is 2.31. The molecule has 1 aromatic carbocycles. The maximum Gasteiger partial charge on any atom is 0.184 e. The van der Waals surface area contributed by atoms with Gasteiger partial charge in [-0.05, 0) is 30.9 Å². The summed E-state index contributed by atoms with van der Waals surface area (Å²) in [4.78, 5) is 4.67. The number of hydrogen-bond acceptors (Lipinski definition) is 3. The molecule has 0 bridgehead atoms. The molecule has 1 fully saturated rings. The maximum atomic E-state index is 4.67. The third-order valence-electron chi connectivity index (χ3n) is 3.98. The molecule has 0 radical (unpaired) electrons. The summed E-state index contributed by atoms with van der Waals surface area (Å²) < 4.78 is 1.28. The van der Waals surface area contributed by atoms with E-state index in [9.17, 15) is 0 Å². The predicted octanol–water partition coefficient (Wildman–Crippen LogP) is 4.68. The van der Waals surface area contributed by atoms with Crippen LogP contribution in [0.5, 0.6) is 0 Å². The van der Waals surface area contributed by atoms with Crippen molar-refractivity contribution in [2.24, 2.45) is 5.92 Å². The number of aromatic nitrogens is 1. The number of para-hydroxylation sites is 1. The smallest absolute Gasteiger partial charge is 0.184 e. The average Bonchev–Trinajstić information content (AvgIpc) is 2.81. The van der Waals surface area contributed by atoms with Crippen LogP contribution in [0.2, 0.25) is 0 Å². The van der Waals surface area contributed by atoms with E-state index in [1.807, 2.05) is 0 Å². The molecular formula is C15H20N2S. The Morgan fingerprint density at radius 1 is 1.33 bits per heavy atom. The molecule has 2 aromatic rings. The largest absolute Gasteiger partial charge is 0.359 e. The molecule has 0 amide bonds. The van der Waals surface area contributed by atoms with Crippen molar-refractivity contribution < 1.29 is 0 Å². The van der Waals surface area contributed by atoms with Crippen molar-refractivity contribution >= 4 is 26.7 Å². The maximum absolute atomic E-state index is 4.67. The molecule has 2 unspecified atom stereocenters. The zero-order valence-electron chi connectivity index (χ0n) is 10.9. The molecule has 1 aliphatic rings. The van der Waals surface area contributed by atoms with Crippen LogP contribution in [0, 0.1) is 5.92 Å². The van der Waals surface area contributed by atoms with Crippen molar-refractivity contribution in [1.29, 1.82) is 0 Å². The van der Waals surface area contributed by atoms with Crippen LogP contribution in [0.1, 0.15) is 39.0 Å². The fourth-order valence-corrected chi connectivity index (χ4v) is 3.84. The van der Waals surface area contributed by atoms with E-state index in [0.29, 0.717) is 6.04 Å². The number of hydrogen-bond donors (Lipinski definition) is 1. The number of anilines is 1. The minimum atomic E-state index is 0.629. The van der Waals surface area contributed by atoms with Gasteiger partial charge in [-0.25, -0.2) is 4.98 Å². The summed E-state index contributed by atoms with van der Waals surface area (Å²) in [5.74, 6) is 0.908. The van der Waals surface area contributed by atoms with E-state index >= 15 is 0 Å². The number of thiazole rings is 1.